The molecule has 21 nitrogen and oxygen atoms in total. The second-order valence-electron chi connectivity index (χ2n) is 24.7. The van der Waals surface area contributed by atoms with Crippen LogP contribution in [0.15, 0.2) is 214 Å². The second-order valence-corrected chi connectivity index (χ2v) is 24.7. The van der Waals surface area contributed by atoms with E-state index >= 15 is 0 Å². The van der Waals surface area contributed by atoms with Gasteiger partial charge in [-0.1, -0.05) is 57.7 Å². The number of esters is 7. The average molecular weight is 1480 g/mol. The molecule has 8 rings (SSSR count). The molecular formula is C87H97NO20. The Morgan fingerprint density at radius 1 is 0.398 bits per heavy atom. The molecule has 21 heteroatoms. The molecule has 0 amide bonds. The van der Waals surface area contributed by atoms with Gasteiger partial charge in [0.25, 0.3) is 0 Å². The fourth-order valence-corrected chi connectivity index (χ4v) is 10.7. The molecule has 0 aromatic heterocycles. The highest BCUT2D eigenvalue weighted by atomic mass is 17.2. The maximum atomic E-state index is 12.7. The summed E-state index contributed by atoms with van der Waals surface area (Å²) in [5, 5.41) is 8.78. The van der Waals surface area contributed by atoms with Crippen molar-refractivity contribution < 1.29 is 95.4 Å². The summed E-state index contributed by atoms with van der Waals surface area (Å²) in [6.45, 7) is 21.3. The fourth-order valence-electron chi connectivity index (χ4n) is 10.7. The van der Waals surface area contributed by atoms with Crippen LogP contribution in [0.5, 0.6) is 46.0 Å². The van der Waals surface area contributed by atoms with E-state index in [0.29, 0.717) is 145 Å². The third-order valence-corrected chi connectivity index (χ3v) is 16.5. The van der Waals surface area contributed by atoms with Gasteiger partial charge in [-0.05, 0) is 259 Å². The highest BCUT2D eigenvalue weighted by Crippen LogP contribution is 2.38. The van der Waals surface area contributed by atoms with E-state index in [1.165, 1.54) is 50.2 Å². The third kappa shape index (κ3) is 33.2. The van der Waals surface area contributed by atoms with Crippen molar-refractivity contribution in [2.45, 2.75) is 122 Å². The Bertz CT molecular complexity index is 3970. The van der Waals surface area contributed by atoms with Gasteiger partial charge >= 0.3 is 41.8 Å². The molecule has 0 bridgehead atoms. The Kier molecular flexibility index (Phi) is 39.5. The van der Waals surface area contributed by atoms with E-state index in [2.05, 4.69) is 45.4 Å². The van der Waals surface area contributed by atoms with Crippen LogP contribution in [0.2, 0.25) is 0 Å². The molecule has 0 heterocycles. The van der Waals surface area contributed by atoms with Crippen molar-refractivity contribution in [3.05, 3.63) is 253 Å². The molecule has 0 N–H and O–H groups in total. The van der Waals surface area contributed by atoms with Gasteiger partial charge in [0.05, 0.1) is 86.7 Å². The zero-order valence-electron chi connectivity index (χ0n) is 61.7. The summed E-state index contributed by atoms with van der Waals surface area (Å²) in [5.74, 6) is 2.51. The van der Waals surface area contributed by atoms with E-state index in [1.54, 1.807) is 153 Å². The first-order valence-electron chi connectivity index (χ1n) is 36.3. The lowest BCUT2D eigenvalue weighted by Crippen LogP contribution is -2.13. The number of unbranched alkanes of at least 4 members (excludes halogenated alkanes) is 6. The van der Waals surface area contributed by atoms with Crippen LogP contribution in [0, 0.1) is 24.2 Å². The van der Waals surface area contributed by atoms with Crippen molar-refractivity contribution in [2.24, 2.45) is 5.92 Å². The topological polar surface area (TPSA) is 263 Å². The number of hydrogen-bond acceptors (Lipinski definition) is 21. The smallest absolute Gasteiger partial charge is 0.343 e. The Morgan fingerprint density at radius 3 is 1.14 bits per heavy atom. The van der Waals surface area contributed by atoms with E-state index < -0.39 is 29.8 Å². The van der Waals surface area contributed by atoms with Gasteiger partial charge in [-0.2, -0.15) is 5.26 Å². The van der Waals surface area contributed by atoms with Crippen LogP contribution in [-0.2, 0) is 38.4 Å². The minimum absolute atomic E-state index is 0.223. The molecule has 7 aromatic carbocycles. The lowest BCUT2D eigenvalue weighted by Gasteiger charge is -2.28. The van der Waals surface area contributed by atoms with Crippen LogP contribution in [0.25, 0.3) is 0 Å². The predicted molar refractivity (Wildman–Crippen MR) is 408 cm³/mol. The molecule has 0 atom stereocenters. The quantitative estimate of drug-likeness (QED) is 0.00502. The van der Waals surface area contributed by atoms with Gasteiger partial charge in [0.15, 0.2) is 0 Å². The minimum Gasteiger partial charge on any atom is -0.494 e. The monoisotopic (exact) mass is 1480 g/mol. The van der Waals surface area contributed by atoms with Crippen molar-refractivity contribution in [2.75, 3.05) is 59.5 Å². The standard InChI is InChI=1S/C33H34O10.C31H40O5.C23H23NO5/c1-4-18-40-41-22-7-20-38-28-14-10-26(11-15-28)33(36)43-30-17-16-29(23-24(30)3)42-32(35)25-8-12-27(13-9-25)37-19-6-21-39-31(34)5-2;1-3-9-24-10-12-25(13-11-24)26-14-20-29(21-15-26)36-31(33)27-16-18-28(19-17-27)34-22-7-5-6-8-23-35-30(32)4-2;1-2-22(25)28-16-6-4-3-5-15-27-20-13-9-19(10-14-20)23(26)29-21-11-7-18(17-24)8-12-21/h4-5,8-17,23H,1-2,6-7,18-22H2,3H3;4,14-21,24-25H,2-3,5-13,22-23H2,1H3;2,7-14H,1,3-6,15-16H2. The molecule has 0 saturated heterocycles. The van der Waals surface area contributed by atoms with Crippen molar-refractivity contribution in [3.8, 4) is 52.1 Å². The van der Waals surface area contributed by atoms with Crippen LogP contribution < -0.4 is 37.9 Å². The van der Waals surface area contributed by atoms with Gasteiger partial charge < -0.3 is 52.1 Å². The van der Waals surface area contributed by atoms with E-state index in [0.717, 1.165) is 75.2 Å². The van der Waals surface area contributed by atoms with Gasteiger partial charge in [-0.25, -0.2) is 43.3 Å². The average Bonchev–Trinajstić information content (AvgIpc) is 0.846. The number of benzene rings is 7. The maximum absolute atomic E-state index is 12.7. The SMILES string of the molecule is C=CC(=O)OCCCCCCOc1ccc(C(=O)Oc2ccc(C#N)cc2)cc1.C=CC(=O)OCCCCCCOc1ccc(C(=O)Oc2ccc(C3CCC(CCC)CC3)cc2)cc1.C=CCOOCCCOc1ccc(C(=O)Oc2ccc(OC(=O)c3ccc(OCCCOC(=O)C=C)cc3)cc2C)cc1. The van der Waals surface area contributed by atoms with Gasteiger partial charge in [-0.3, -0.25) is 0 Å². The molecule has 0 radical (unpaired) electrons. The van der Waals surface area contributed by atoms with Gasteiger partial charge in [0.2, 0.25) is 0 Å². The van der Waals surface area contributed by atoms with Gasteiger partial charge in [-0.15, -0.1) is 6.58 Å². The lowest BCUT2D eigenvalue weighted by atomic mass is 9.77. The molecular weight excluding hydrogens is 1380 g/mol. The molecule has 1 aliphatic carbocycles. The lowest BCUT2D eigenvalue weighted by molar-refractivity contribution is -0.287. The normalized spacial score (nSPS) is 12.5. The van der Waals surface area contributed by atoms with Gasteiger partial charge in [0, 0.05) is 31.1 Å². The molecule has 0 aliphatic heterocycles. The van der Waals surface area contributed by atoms with Crippen LogP contribution in [-0.4, -0.2) is 101 Å². The second kappa shape index (κ2) is 50.0. The number of ether oxygens (including phenoxy) is 11. The van der Waals surface area contributed by atoms with Crippen molar-refractivity contribution >= 4 is 41.8 Å². The molecule has 108 heavy (non-hydrogen) atoms. The maximum Gasteiger partial charge on any atom is 0.343 e. The summed E-state index contributed by atoms with van der Waals surface area (Å²) < 4.78 is 59.3. The zero-order chi connectivity index (χ0) is 77.4. The summed E-state index contributed by atoms with van der Waals surface area (Å²) in [6, 6.07) is 48.0. The number of carbonyl (C=O) groups excluding carboxylic acids is 7. The number of rotatable bonds is 43. The minimum atomic E-state index is -0.553. The Balaban J connectivity index is 0.000000258. The van der Waals surface area contributed by atoms with Crippen molar-refractivity contribution in [1.82, 2.24) is 0 Å². The van der Waals surface area contributed by atoms with Crippen LogP contribution >= 0.6 is 0 Å². The number of nitriles is 1. The van der Waals surface area contributed by atoms with Crippen molar-refractivity contribution in [3.63, 3.8) is 0 Å². The first-order chi connectivity index (χ1) is 52.6. The molecule has 1 aliphatic rings. The van der Waals surface area contributed by atoms with Crippen LogP contribution in [0.1, 0.15) is 174 Å². The van der Waals surface area contributed by atoms with Crippen molar-refractivity contribution in [1.29, 1.82) is 5.26 Å². The third-order valence-electron chi connectivity index (χ3n) is 16.5. The fraction of sp³-hybridized carbons (Fsp3) is 0.333. The summed E-state index contributed by atoms with van der Waals surface area (Å²) in [4.78, 5) is 92.6. The van der Waals surface area contributed by atoms with E-state index in [9.17, 15) is 33.6 Å². The zero-order valence-corrected chi connectivity index (χ0v) is 61.7. The predicted octanol–water partition coefficient (Wildman–Crippen LogP) is 17.9. The summed E-state index contributed by atoms with van der Waals surface area (Å²) in [7, 11) is 0. The molecule has 1 saturated carbocycles. The van der Waals surface area contributed by atoms with E-state index in [-0.39, 0.29) is 18.5 Å². The Hall–Kier alpha value is -11.6. The number of aryl methyl sites for hydroxylation is 1. The Morgan fingerprint density at radius 2 is 0.750 bits per heavy atom. The number of nitrogens with zero attached hydrogens (tertiary/aromatic N) is 1. The molecule has 7 aromatic rings. The van der Waals surface area contributed by atoms with Crippen LogP contribution in [0.3, 0.4) is 0 Å². The summed E-state index contributed by atoms with van der Waals surface area (Å²) in [5.41, 5.74) is 4.06. The first-order valence-corrected chi connectivity index (χ1v) is 36.3. The highest BCUT2D eigenvalue weighted by molar-refractivity contribution is 5.93. The summed E-state index contributed by atoms with van der Waals surface area (Å²) >= 11 is 0. The number of carbonyl (C=O) groups is 7. The molecule has 1 fully saturated rings. The molecule has 0 spiro atoms. The number of hydrogen-bond donors (Lipinski definition) is 0. The van der Waals surface area contributed by atoms with Crippen LogP contribution in [0.4, 0.5) is 0 Å². The van der Waals surface area contributed by atoms with E-state index in [4.69, 9.17) is 67.1 Å². The van der Waals surface area contributed by atoms with E-state index in [1.807, 2.05) is 18.2 Å². The highest BCUT2D eigenvalue weighted by Gasteiger charge is 2.23. The molecule has 570 valence electrons. The first kappa shape index (κ1) is 85.3. The Labute approximate surface area is 632 Å². The largest absolute Gasteiger partial charge is 0.494 e. The summed E-state index contributed by atoms with van der Waals surface area (Å²) in [6.07, 6.45) is 21.3. The van der Waals surface area contributed by atoms with Gasteiger partial charge in [0.1, 0.15) is 52.6 Å². The molecule has 0 unspecified atom stereocenters.